The Morgan fingerprint density at radius 1 is 1.38 bits per heavy atom. The Balaban J connectivity index is 2.19. The highest BCUT2D eigenvalue weighted by Gasteiger charge is 2.22. The van der Waals surface area contributed by atoms with Gasteiger partial charge >= 0.3 is 5.97 Å². The smallest absolute Gasteiger partial charge is 0.319 e. The summed E-state index contributed by atoms with van der Waals surface area (Å²) < 4.78 is 4.56. The number of ether oxygens (including phenoxy) is 1. The largest absolute Gasteiger partial charge is 0.468 e. The number of nitrogens with zero attached hydrogens (tertiary/aromatic N) is 1. The number of hydrogen-bond donors (Lipinski definition) is 1. The number of nitrogens with one attached hydrogen (secondary N) is 1. The van der Waals surface area contributed by atoms with Crippen molar-refractivity contribution in [1.82, 2.24) is 10.2 Å². The molecule has 0 aromatic carbocycles. The zero-order valence-corrected chi connectivity index (χ0v) is 9.99. The molecule has 1 fully saturated rings. The third-order valence-corrected chi connectivity index (χ3v) is 2.68. The van der Waals surface area contributed by atoms with Crippen molar-refractivity contribution in [2.75, 3.05) is 33.3 Å². The fourth-order valence-corrected chi connectivity index (χ4v) is 1.37. The first-order valence-electron chi connectivity index (χ1n) is 5.71. The number of likely N-dealkylation sites (N-methyl/N-ethyl adjacent to an activating group) is 1. The summed E-state index contributed by atoms with van der Waals surface area (Å²) in [5, 5.41) is 2.87. The molecule has 0 heterocycles. The van der Waals surface area contributed by atoms with E-state index in [2.05, 4.69) is 10.1 Å². The van der Waals surface area contributed by atoms with Crippen molar-refractivity contribution in [2.24, 2.45) is 5.92 Å². The summed E-state index contributed by atoms with van der Waals surface area (Å²) in [7, 11) is 1.35. The minimum absolute atomic E-state index is 0.0161. The second-order valence-corrected chi connectivity index (χ2v) is 4.13. The molecule has 0 bridgehead atoms. The van der Waals surface area contributed by atoms with Gasteiger partial charge < -0.3 is 10.1 Å². The van der Waals surface area contributed by atoms with Gasteiger partial charge in [0, 0.05) is 6.54 Å². The van der Waals surface area contributed by atoms with E-state index in [1.54, 1.807) is 4.90 Å². The van der Waals surface area contributed by atoms with Gasteiger partial charge in [0.25, 0.3) is 0 Å². The van der Waals surface area contributed by atoms with E-state index < -0.39 is 0 Å². The maximum absolute atomic E-state index is 11.5. The second-order valence-electron chi connectivity index (χ2n) is 4.13. The van der Waals surface area contributed by atoms with Crippen LogP contribution in [0.1, 0.15) is 19.8 Å². The number of rotatable bonds is 7. The van der Waals surface area contributed by atoms with Crippen LogP contribution in [-0.2, 0) is 14.3 Å². The van der Waals surface area contributed by atoms with Crippen LogP contribution in [0.15, 0.2) is 0 Å². The minimum Gasteiger partial charge on any atom is -0.468 e. The molecule has 5 heteroatoms. The van der Waals surface area contributed by atoms with Crippen LogP contribution in [0.5, 0.6) is 0 Å². The molecule has 0 saturated heterocycles. The number of carbonyl (C=O) groups excluding carboxylic acids is 2. The number of carbonyl (C=O) groups is 2. The first-order chi connectivity index (χ1) is 7.65. The van der Waals surface area contributed by atoms with Crippen molar-refractivity contribution in [3.05, 3.63) is 0 Å². The van der Waals surface area contributed by atoms with Crippen LogP contribution in [0.3, 0.4) is 0 Å². The molecule has 1 saturated carbocycles. The molecule has 1 amide bonds. The Kier molecular flexibility index (Phi) is 5.25. The van der Waals surface area contributed by atoms with E-state index in [0.29, 0.717) is 12.5 Å². The summed E-state index contributed by atoms with van der Waals surface area (Å²) in [6.45, 7) is 3.78. The summed E-state index contributed by atoms with van der Waals surface area (Å²) in [6.07, 6.45) is 2.44. The molecular weight excluding hydrogens is 208 g/mol. The number of amides is 1. The van der Waals surface area contributed by atoms with Gasteiger partial charge in [0.2, 0.25) is 5.91 Å². The predicted octanol–water partition coefficient (Wildman–Crippen LogP) is 0.00750. The van der Waals surface area contributed by atoms with Gasteiger partial charge in [0.1, 0.15) is 0 Å². The summed E-state index contributed by atoms with van der Waals surface area (Å²) in [6, 6.07) is 0. The van der Waals surface area contributed by atoms with Crippen LogP contribution in [0.4, 0.5) is 0 Å². The number of esters is 1. The van der Waals surface area contributed by atoms with E-state index in [1.165, 1.54) is 20.0 Å². The Morgan fingerprint density at radius 2 is 2.06 bits per heavy atom. The molecule has 1 N–H and O–H groups in total. The van der Waals surface area contributed by atoms with Crippen molar-refractivity contribution in [3.8, 4) is 0 Å². The van der Waals surface area contributed by atoms with Crippen molar-refractivity contribution in [2.45, 2.75) is 19.8 Å². The lowest BCUT2D eigenvalue weighted by molar-refractivity contribution is -0.142. The minimum atomic E-state index is -0.308. The van der Waals surface area contributed by atoms with Crippen LogP contribution < -0.4 is 5.32 Å². The van der Waals surface area contributed by atoms with E-state index in [9.17, 15) is 9.59 Å². The average molecular weight is 228 g/mol. The second kappa shape index (κ2) is 6.48. The van der Waals surface area contributed by atoms with Gasteiger partial charge in [-0.25, -0.2) is 0 Å². The lowest BCUT2D eigenvalue weighted by atomic mass is 10.4. The Labute approximate surface area is 96.1 Å². The van der Waals surface area contributed by atoms with E-state index in [4.69, 9.17) is 0 Å². The summed E-state index contributed by atoms with van der Waals surface area (Å²) in [5.74, 6) is 0.356. The van der Waals surface area contributed by atoms with Crippen LogP contribution in [0.25, 0.3) is 0 Å². The maximum atomic E-state index is 11.5. The van der Waals surface area contributed by atoms with Gasteiger partial charge in [-0.3, -0.25) is 14.5 Å². The van der Waals surface area contributed by atoms with E-state index in [-0.39, 0.29) is 25.0 Å². The highest BCUT2D eigenvalue weighted by Crippen LogP contribution is 2.27. The van der Waals surface area contributed by atoms with Gasteiger partial charge in [-0.1, -0.05) is 6.92 Å². The maximum Gasteiger partial charge on any atom is 0.319 e. The molecule has 1 aliphatic carbocycles. The van der Waals surface area contributed by atoms with Crippen LogP contribution in [-0.4, -0.2) is 50.1 Å². The molecule has 0 spiro atoms. The van der Waals surface area contributed by atoms with Gasteiger partial charge in [-0.05, 0) is 25.3 Å². The monoisotopic (exact) mass is 228 g/mol. The van der Waals surface area contributed by atoms with Crippen LogP contribution in [0.2, 0.25) is 0 Å². The predicted molar refractivity (Wildman–Crippen MR) is 59.9 cm³/mol. The van der Waals surface area contributed by atoms with Crippen molar-refractivity contribution in [3.63, 3.8) is 0 Å². The van der Waals surface area contributed by atoms with Gasteiger partial charge in [0.15, 0.2) is 0 Å². The van der Waals surface area contributed by atoms with E-state index in [0.717, 1.165) is 6.54 Å². The molecule has 1 aliphatic rings. The summed E-state index contributed by atoms with van der Waals surface area (Å²) >= 11 is 0. The Morgan fingerprint density at radius 3 is 2.56 bits per heavy atom. The van der Waals surface area contributed by atoms with Crippen molar-refractivity contribution < 1.29 is 14.3 Å². The quantitative estimate of drug-likeness (QED) is 0.623. The zero-order valence-electron chi connectivity index (χ0n) is 9.99. The molecule has 0 aromatic rings. The molecule has 0 atom stereocenters. The fraction of sp³-hybridized carbons (Fsp3) is 0.818. The molecule has 1 rings (SSSR count). The number of hydrogen-bond acceptors (Lipinski definition) is 4. The standard InChI is InChI=1S/C11H20N2O3/c1-3-13(8-11(15)16-2)7-10(14)12-6-9-4-5-9/h9H,3-8H2,1-2H3,(H,12,14). The average Bonchev–Trinajstić information content (AvgIpc) is 3.09. The molecule has 16 heavy (non-hydrogen) atoms. The molecule has 5 nitrogen and oxygen atoms in total. The SMILES string of the molecule is CCN(CC(=O)NCC1CC1)CC(=O)OC. The zero-order chi connectivity index (χ0) is 12.0. The topological polar surface area (TPSA) is 58.6 Å². The highest BCUT2D eigenvalue weighted by molar-refractivity contribution is 5.79. The van der Waals surface area contributed by atoms with Gasteiger partial charge in [-0.2, -0.15) is 0 Å². The number of methoxy groups -OCH3 is 1. The van der Waals surface area contributed by atoms with Gasteiger partial charge in [0.05, 0.1) is 20.2 Å². The Bertz CT molecular complexity index is 252. The normalized spacial score (nSPS) is 14.9. The summed E-state index contributed by atoms with van der Waals surface area (Å²) in [4.78, 5) is 24.3. The van der Waals surface area contributed by atoms with Crippen molar-refractivity contribution >= 4 is 11.9 Å². The molecular formula is C11H20N2O3. The Hall–Kier alpha value is -1.10. The van der Waals surface area contributed by atoms with Crippen LogP contribution >= 0.6 is 0 Å². The third kappa shape index (κ3) is 5.11. The first kappa shape index (κ1) is 13.0. The highest BCUT2D eigenvalue weighted by atomic mass is 16.5. The van der Waals surface area contributed by atoms with E-state index in [1.807, 2.05) is 6.92 Å². The lowest BCUT2D eigenvalue weighted by Gasteiger charge is -2.18. The molecule has 92 valence electrons. The fourth-order valence-electron chi connectivity index (χ4n) is 1.37. The van der Waals surface area contributed by atoms with E-state index >= 15 is 0 Å². The first-order valence-corrected chi connectivity index (χ1v) is 5.71. The molecule has 0 aliphatic heterocycles. The molecule has 0 radical (unpaired) electrons. The molecule has 0 unspecified atom stereocenters. The van der Waals surface area contributed by atoms with Crippen LogP contribution in [0, 0.1) is 5.92 Å². The van der Waals surface area contributed by atoms with Crippen molar-refractivity contribution in [1.29, 1.82) is 0 Å². The summed E-state index contributed by atoms with van der Waals surface area (Å²) in [5.41, 5.74) is 0. The molecule has 0 aromatic heterocycles. The lowest BCUT2D eigenvalue weighted by Crippen LogP contribution is -2.40. The third-order valence-electron chi connectivity index (χ3n) is 2.68. The van der Waals surface area contributed by atoms with Gasteiger partial charge in [-0.15, -0.1) is 0 Å².